The van der Waals surface area contributed by atoms with Crippen molar-refractivity contribution in [3.05, 3.63) is 66.4 Å². The molecule has 0 aliphatic heterocycles. The van der Waals surface area contributed by atoms with Gasteiger partial charge in [0.1, 0.15) is 11.5 Å². The van der Waals surface area contributed by atoms with Crippen molar-refractivity contribution in [1.82, 2.24) is 4.98 Å². The molecule has 0 atom stereocenters. The maximum Gasteiger partial charge on any atom is 0.135 e. The molecule has 96 valence electrons. The summed E-state index contributed by atoms with van der Waals surface area (Å²) in [5.41, 5.74) is 3.12. The summed E-state index contributed by atoms with van der Waals surface area (Å²) in [4.78, 5) is 4.73. The summed E-state index contributed by atoms with van der Waals surface area (Å²) in [6.07, 6.45) is 0. The first-order chi connectivity index (χ1) is 9.83. The van der Waals surface area contributed by atoms with E-state index < -0.39 is 0 Å². The Morgan fingerprint density at radius 1 is 0.750 bits per heavy atom. The van der Waals surface area contributed by atoms with E-state index >= 15 is 0 Å². The summed E-state index contributed by atoms with van der Waals surface area (Å²) < 4.78 is 5.86. The summed E-state index contributed by atoms with van der Waals surface area (Å²) in [5, 5.41) is 2.25. The third-order valence-corrected chi connectivity index (χ3v) is 3.57. The average Bonchev–Trinajstić information content (AvgIpc) is 2.91. The SMILES string of the molecule is Cc1ccc(-c2c3ccccc3nc3ccccc23)o1. The number of para-hydroxylation sites is 2. The lowest BCUT2D eigenvalue weighted by Gasteiger charge is -2.08. The van der Waals surface area contributed by atoms with Crippen molar-refractivity contribution < 1.29 is 4.42 Å². The second-order valence-electron chi connectivity index (χ2n) is 4.93. The van der Waals surface area contributed by atoms with E-state index in [2.05, 4.69) is 12.1 Å². The maximum atomic E-state index is 5.86. The molecule has 0 spiro atoms. The van der Waals surface area contributed by atoms with Gasteiger partial charge in [0.2, 0.25) is 0 Å². The monoisotopic (exact) mass is 259 g/mol. The van der Waals surface area contributed by atoms with E-state index in [0.29, 0.717) is 0 Å². The average molecular weight is 259 g/mol. The first-order valence-corrected chi connectivity index (χ1v) is 6.67. The van der Waals surface area contributed by atoms with Crippen LogP contribution in [0.15, 0.2) is 65.1 Å². The Morgan fingerprint density at radius 3 is 1.90 bits per heavy atom. The van der Waals surface area contributed by atoms with Gasteiger partial charge in [-0.3, -0.25) is 0 Å². The summed E-state index contributed by atoms with van der Waals surface area (Å²) in [6.45, 7) is 1.97. The van der Waals surface area contributed by atoms with Crippen LogP contribution in [0.2, 0.25) is 0 Å². The van der Waals surface area contributed by atoms with Crippen LogP contribution in [0, 0.1) is 6.92 Å². The molecule has 0 radical (unpaired) electrons. The van der Waals surface area contributed by atoms with Gasteiger partial charge in [-0.1, -0.05) is 36.4 Å². The van der Waals surface area contributed by atoms with Crippen molar-refractivity contribution in [1.29, 1.82) is 0 Å². The van der Waals surface area contributed by atoms with Gasteiger partial charge in [0.05, 0.1) is 11.0 Å². The molecule has 0 aliphatic rings. The largest absolute Gasteiger partial charge is 0.461 e. The first kappa shape index (κ1) is 11.2. The molecule has 0 amide bonds. The Balaban J connectivity index is 2.23. The van der Waals surface area contributed by atoms with E-state index in [1.54, 1.807) is 0 Å². The summed E-state index contributed by atoms with van der Waals surface area (Å²) in [7, 11) is 0. The standard InChI is InChI=1S/C18H13NO/c1-12-10-11-17(20-12)18-13-6-2-4-8-15(13)19-16-9-5-3-7-14(16)18/h2-11H,1H3. The second-order valence-corrected chi connectivity index (χ2v) is 4.93. The normalized spacial score (nSPS) is 11.2. The number of nitrogens with zero attached hydrogens (tertiary/aromatic N) is 1. The smallest absolute Gasteiger partial charge is 0.135 e. The molecule has 4 rings (SSSR count). The lowest BCUT2D eigenvalue weighted by Crippen LogP contribution is -1.87. The Labute approximate surface area is 116 Å². The zero-order valence-electron chi connectivity index (χ0n) is 11.1. The molecule has 0 N–H and O–H groups in total. The summed E-state index contributed by atoms with van der Waals surface area (Å²) in [5.74, 6) is 1.82. The lowest BCUT2D eigenvalue weighted by atomic mass is 10.0. The third kappa shape index (κ3) is 1.62. The molecule has 0 saturated heterocycles. The molecule has 0 bridgehead atoms. The highest BCUT2D eigenvalue weighted by Crippen LogP contribution is 2.35. The molecular weight excluding hydrogens is 246 g/mol. The quantitative estimate of drug-likeness (QED) is 0.452. The number of rotatable bonds is 1. The Bertz CT molecular complexity index is 867. The number of hydrogen-bond donors (Lipinski definition) is 0. The van der Waals surface area contributed by atoms with Gasteiger partial charge >= 0.3 is 0 Å². The Hall–Kier alpha value is -2.61. The molecular formula is C18H13NO. The number of furan rings is 1. The zero-order chi connectivity index (χ0) is 13.5. The minimum atomic E-state index is 0.900. The van der Waals surface area contributed by atoms with Gasteiger partial charge in [0.25, 0.3) is 0 Å². The first-order valence-electron chi connectivity index (χ1n) is 6.67. The number of aromatic nitrogens is 1. The molecule has 0 unspecified atom stereocenters. The van der Waals surface area contributed by atoms with Crippen LogP contribution in [0.4, 0.5) is 0 Å². The van der Waals surface area contributed by atoms with E-state index in [1.165, 1.54) is 0 Å². The van der Waals surface area contributed by atoms with Gasteiger partial charge in [-0.25, -0.2) is 4.98 Å². The van der Waals surface area contributed by atoms with Crippen molar-refractivity contribution in [2.45, 2.75) is 6.92 Å². The number of aryl methyl sites for hydroxylation is 1. The summed E-state index contributed by atoms with van der Waals surface area (Å²) in [6, 6.07) is 20.4. The van der Waals surface area contributed by atoms with Crippen molar-refractivity contribution in [2.24, 2.45) is 0 Å². The highest BCUT2D eigenvalue weighted by atomic mass is 16.3. The number of fused-ring (bicyclic) bond motifs is 2. The topological polar surface area (TPSA) is 26.0 Å². The molecule has 0 saturated carbocycles. The second kappa shape index (κ2) is 4.20. The van der Waals surface area contributed by atoms with Gasteiger partial charge in [0.15, 0.2) is 0 Å². The highest BCUT2D eigenvalue weighted by Gasteiger charge is 2.13. The van der Waals surface area contributed by atoms with Crippen LogP contribution < -0.4 is 0 Å². The minimum Gasteiger partial charge on any atom is -0.461 e. The molecule has 0 aliphatic carbocycles. The molecule has 20 heavy (non-hydrogen) atoms. The van der Waals surface area contributed by atoms with E-state index in [-0.39, 0.29) is 0 Å². The van der Waals surface area contributed by atoms with Crippen LogP contribution in [0.3, 0.4) is 0 Å². The van der Waals surface area contributed by atoms with E-state index in [9.17, 15) is 0 Å². The van der Waals surface area contributed by atoms with Crippen LogP contribution in [0.1, 0.15) is 5.76 Å². The van der Waals surface area contributed by atoms with Crippen LogP contribution in [-0.4, -0.2) is 4.98 Å². The van der Waals surface area contributed by atoms with Gasteiger partial charge in [0, 0.05) is 16.3 Å². The van der Waals surface area contributed by atoms with Crippen molar-refractivity contribution in [3.63, 3.8) is 0 Å². The maximum absolute atomic E-state index is 5.86. The lowest BCUT2D eigenvalue weighted by molar-refractivity contribution is 0.549. The molecule has 2 heterocycles. The molecule has 2 aromatic carbocycles. The number of hydrogen-bond acceptors (Lipinski definition) is 2. The van der Waals surface area contributed by atoms with Crippen LogP contribution in [-0.2, 0) is 0 Å². The predicted octanol–water partition coefficient (Wildman–Crippen LogP) is 4.96. The highest BCUT2D eigenvalue weighted by molar-refractivity contribution is 6.08. The van der Waals surface area contributed by atoms with Crippen molar-refractivity contribution >= 4 is 21.8 Å². The fourth-order valence-electron chi connectivity index (χ4n) is 2.67. The van der Waals surface area contributed by atoms with Crippen LogP contribution in [0.5, 0.6) is 0 Å². The molecule has 4 aromatic rings. The fourth-order valence-corrected chi connectivity index (χ4v) is 2.67. The number of pyridine rings is 1. The van der Waals surface area contributed by atoms with Gasteiger partial charge in [-0.05, 0) is 31.2 Å². The number of benzene rings is 2. The molecule has 2 heteroatoms. The van der Waals surface area contributed by atoms with Crippen molar-refractivity contribution in [2.75, 3.05) is 0 Å². The van der Waals surface area contributed by atoms with E-state index in [4.69, 9.17) is 9.40 Å². The van der Waals surface area contributed by atoms with Gasteiger partial charge in [-0.2, -0.15) is 0 Å². The van der Waals surface area contributed by atoms with E-state index in [0.717, 1.165) is 38.9 Å². The fraction of sp³-hybridized carbons (Fsp3) is 0.0556. The third-order valence-electron chi connectivity index (χ3n) is 3.57. The Kier molecular flexibility index (Phi) is 2.36. The zero-order valence-corrected chi connectivity index (χ0v) is 11.1. The minimum absolute atomic E-state index is 0.900. The molecule has 2 aromatic heterocycles. The van der Waals surface area contributed by atoms with Gasteiger partial charge < -0.3 is 4.42 Å². The van der Waals surface area contributed by atoms with Gasteiger partial charge in [-0.15, -0.1) is 0 Å². The predicted molar refractivity (Wildman–Crippen MR) is 81.7 cm³/mol. The van der Waals surface area contributed by atoms with Crippen LogP contribution in [0.25, 0.3) is 33.1 Å². The van der Waals surface area contributed by atoms with Crippen molar-refractivity contribution in [3.8, 4) is 11.3 Å². The molecule has 2 nitrogen and oxygen atoms in total. The van der Waals surface area contributed by atoms with E-state index in [1.807, 2.05) is 55.5 Å². The van der Waals surface area contributed by atoms with Crippen LogP contribution >= 0.6 is 0 Å². The summed E-state index contributed by atoms with van der Waals surface area (Å²) >= 11 is 0. The molecule has 0 fully saturated rings. The Morgan fingerprint density at radius 2 is 1.35 bits per heavy atom.